The standard InChI is InChI=1S/C20H24F3N3/c1-14-11-16(15-7-5-3-2-4-6-8-15)13-17(12-14)25-19-24-10-9-18(26-19)20(21,22)23/h9-13,15H,2-8H2,1H3,(H,24,25,26). The number of anilines is 2. The van der Waals surface area contributed by atoms with Gasteiger partial charge in [-0.05, 0) is 55.0 Å². The van der Waals surface area contributed by atoms with Crippen LogP contribution in [0.5, 0.6) is 0 Å². The Balaban J connectivity index is 1.81. The third-order valence-electron chi connectivity index (χ3n) is 4.88. The van der Waals surface area contributed by atoms with E-state index in [2.05, 4.69) is 21.4 Å². The quantitative estimate of drug-likeness (QED) is 0.688. The van der Waals surface area contributed by atoms with Crippen molar-refractivity contribution in [2.75, 3.05) is 5.32 Å². The van der Waals surface area contributed by atoms with Crippen LogP contribution in [0.4, 0.5) is 24.8 Å². The Morgan fingerprint density at radius 3 is 2.38 bits per heavy atom. The highest BCUT2D eigenvalue weighted by Gasteiger charge is 2.32. The van der Waals surface area contributed by atoms with Crippen molar-refractivity contribution in [3.8, 4) is 0 Å². The molecule has 0 bridgehead atoms. The van der Waals surface area contributed by atoms with E-state index in [0.717, 1.165) is 23.5 Å². The molecule has 0 amide bonds. The number of alkyl halides is 3. The van der Waals surface area contributed by atoms with Crippen LogP contribution in [0.3, 0.4) is 0 Å². The number of hydrogen-bond acceptors (Lipinski definition) is 3. The highest BCUT2D eigenvalue weighted by molar-refractivity contribution is 5.56. The Morgan fingerprint density at radius 1 is 1.00 bits per heavy atom. The minimum absolute atomic E-state index is 0.0333. The van der Waals surface area contributed by atoms with E-state index in [4.69, 9.17) is 0 Å². The Bertz CT molecular complexity index is 735. The number of benzene rings is 1. The number of halogens is 3. The molecule has 1 saturated carbocycles. The highest BCUT2D eigenvalue weighted by atomic mass is 19.4. The van der Waals surface area contributed by atoms with Crippen LogP contribution in [0.15, 0.2) is 30.5 Å². The predicted octanol–water partition coefficient (Wildman–Crippen LogP) is 6.38. The topological polar surface area (TPSA) is 37.8 Å². The maximum atomic E-state index is 12.8. The van der Waals surface area contributed by atoms with Gasteiger partial charge < -0.3 is 5.32 Å². The first kappa shape index (κ1) is 18.7. The van der Waals surface area contributed by atoms with Crippen molar-refractivity contribution in [3.63, 3.8) is 0 Å². The molecule has 0 spiro atoms. The summed E-state index contributed by atoms with van der Waals surface area (Å²) in [5, 5.41) is 2.94. The van der Waals surface area contributed by atoms with Crippen LogP contribution in [0, 0.1) is 6.92 Å². The van der Waals surface area contributed by atoms with E-state index in [1.165, 1.54) is 50.5 Å². The van der Waals surface area contributed by atoms with Gasteiger partial charge >= 0.3 is 6.18 Å². The van der Waals surface area contributed by atoms with Crippen molar-refractivity contribution in [3.05, 3.63) is 47.3 Å². The van der Waals surface area contributed by atoms with Gasteiger partial charge in [-0.2, -0.15) is 13.2 Å². The third-order valence-corrected chi connectivity index (χ3v) is 4.88. The third kappa shape index (κ3) is 4.96. The maximum absolute atomic E-state index is 12.8. The SMILES string of the molecule is Cc1cc(Nc2nccc(C(F)(F)F)n2)cc(C2CCCCCCC2)c1. The molecule has 1 fully saturated rings. The summed E-state index contributed by atoms with van der Waals surface area (Å²) >= 11 is 0. The lowest BCUT2D eigenvalue weighted by atomic mass is 9.85. The van der Waals surface area contributed by atoms with Crippen LogP contribution < -0.4 is 5.32 Å². The second-order valence-corrected chi connectivity index (χ2v) is 7.06. The molecular weight excluding hydrogens is 339 g/mol. The van der Waals surface area contributed by atoms with Gasteiger partial charge in [-0.15, -0.1) is 0 Å². The Morgan fingerprint density at radius 2 is 1.69 bits per heavy atom. The van der Waals surface area contributed by atoms with Gasteiger partial charge in [0.2, 0.25) is 5.95 Å². The number of nitrogens with one attached hydrogen (secondary N) is 1. The lowest BCUT2D eigenvalue weighted by Gasteiger charge is -2.21. The monoisotopic (exact) mass is 363 g/mol. The van der Waals surface area contributed by atoms with Crippen LogP contribution in [0.1, 0.15) is 67.7 Å². The number of aromatic nitrogens is 2. The van der Waals surface area contributed by atoms with Crippen molar-refractivity contribution in [1.82, 2.24) is 9.97 Å². The lowest BCUT2D eigenvalue weighted by Crippen LogP contribution is -2.10. The van der Waals surface area contributed by atoms with E-state index in [9.17, 15) is 13.2 Å². The molecule has 3 nitrogen and oxygen atoms in total. The van der Waals surface area contributed by atoms with E-state index >= 15 is 0 Å². The van der Waals surface area contributed by atoms with Crippen molar-refractivity contribution >= 4 is 11.6 Å². The van der Waals surface area contributed by atoms with Crippen LogP contribution in [0.25, 0.3) is 0 Å². The van der Waals surface area contributed by atoms with Gasteiger partial charge in [0.15, 0.2) is 0 Å². The summed E-state index contributed by atoms with van der Waals surface area (Å²) < 4.78 is 38.5. The summed E-state index contributed by atoms with van der Waals surface area (Å²) in [5.41, 5.74) is 2.13. The fraction of sp³-hybridized carbons (Fsp3) is 0.500. The summed E-state index contributed by atoms with van der Waals surface area (Å²) in [5.74, 6) is 0.479. The number of hydrogen-bond donors (Lipinski definition) is 1. The van der Waals surface area contributed by atoms with Crippen LogP contribution in [-0.2, 0) is 6.18 Å². The van der Waals surface area contributed by atoms with Crippen molar-refractivity contribution < 1.29 is 13.2 Å². The van der Waals surface area contributed by atoms with E-state index in [1.807, 2.05) is 19.1 Å². The van der Waals surface area contributed by atoms with Gasteiger partial charge in [-0.3, -0.25) is 0 Å². The van der Waals surface area contributed by atoms with Gasteiger partial charge in [0.1, 0.15) is 5.69 Å². The van der Waals surface area contributed by atoms with Crippen LogP contribution in [-0.4, -0.2) is 9.97 Å². The molecule has 1 aliphatic rings. The summed E-state index contributed by atoms with van der Waals surface area (Å²) in [6.45, 7) is 2.00. The van der Waals surface area contributed by atoms with E-state index in [1.54, 1.807) is 0 Å². The second-order valence-electron chi connectivity index (χ2n) is 7.06. The van der Waals surface area contributed by atoms with E-state index in [0.29, 0.717) is 5.92 Å². The van der Waals surface area contributed by atoms with Gasteiger partial charge in [0, 0.05) is 11.9 Å². The molecule has 2 aromatic rings. The minimum Gasteiger partial charge on any atom is -0.324 e. The molecular formula is C20H24F3N3. The number of nitrogens with zero attached hydrogens (tertiary/aromatic N) is 2. The largest absolute Gasteiger partial charge is 0.433 e. The first-order valence-corrected chi connectivity index (χ1v) is 9.21. The van der Waals surface area contributed by atoms with Gasteiger partial charge in [0.05, 0.1) is 0 Å². The van der Waals surface area contributed by atoms with E-state index < -0.39 is 11.9 Å². The Hall–Kier alpha value is -2.11. The Kier molecular flexibility index (Phi) is 5.79. The smallest absolute Gasteiger partial charge is 0.324 e. The summed E-state index contributed by atoms with van der Waals surface area (Å²) in [4.78, 5) is 7.52. The molecule has 1 aliphatic carbocycles. The van der Waals surface area contributed by atoms with Crippen molar-refractivity contribution in [1.29, 1.82) is 0 Å². The Labute approximate surface area is 152 Å². The van der Waals surface area contributed by atoms with Crippen LogP contribution in [0.2, 0.25) is 0 Å². The molecule has 140 valence electrons. The molecule has 1 N–H and O–H groups in total. The zero-order valence-corrected chi connectivity index (χ0v) is 14.9. The lowest BCUT2D eigenvalue weighted by molar-refractivity contribution is -0.141. The maximum Gasteiger partial charge on any atom is 0.433 e. The average molecular weight is 363 g/mol. The van der Waals surface area contributed by atoms with Crippen molar-refractivity contribution in [2.45, 2.75) is 64.0 Å². The van der Waals surface area contributed by atoms with Gasteiger partial charge in [-0.1, -0.05) is 38.2 Å². The molecule has 26 heavy (non-hydrogen) atoms. The molecule has 0 aliphatic heterocycles. The molecule has 3 rings (SSSR count). The predicted molar refractivity (Wildman–Crippen MR) is 96.6 cm³/mol. The fourth-order valence-corrected chi connectivity index (χ4v) is 3.62. The number of rotatable bonds is 3. The highest BCUT2D eigenvalue weighted by Crippen LogP contribution is 2.33. The normalized spacial score (nSPS) is 16.8. The minimum atomic E-state index is -4.48. The molecule has 1 aromatic heterocycles. The first-order chi connectivity index (χ1) is 12.4. The summed E-state index contributed by atoms with van der Waals surface area (Å²) in [7, 11) is 0. The molecule has 6 heteroatoms. The molecule has 0 radical (unpaired) electrons. The molecule has 1 heterocycles. The average Bonchev–Trinajstić information content (AvgIpc) is 2.53. The fourth-order valence-electron chi connectivity index (χ4n) is 3.62. The molecule has 0 atom stereocenters. The molecule has 0 saturated heterocycles. The summed E-state index contributed by atoms with van der Waals surface area (Å²) in [6, 6.07) is 7.00. The summed E-state index contributed by atoms with van der Waals surface area (Å²) in [6.07, 6.45) is 5.35. The zero-order valence-electron chi connectivity index (χ0n) is 14.9. The second kappa shape index (κ2) is 8.06. The zero-order chi connectivity index (χ0) is 18.6. The molecule has 0 unspecified atom stereocenters. The van der Waals surface area contributed by atoms with E-state index in [-0.39, 0.29) is 5.95 Å². The first-order valence-electron chi connectivity index (χ1n) is 9.21. The van der Waals surface area contributed by atoms with Crippen molar-refractivity contribution in [2.24, 2.45) is 0 Å². The molecule has 1 aromatic carbocycles. The number of aryl methyl sites for hydroxylation is 1. The van der Waals surface area contributed by atoms with Gasteiger partial charge in [-0.25, -0.2) is 9.97 Å². The van der Waals surface area contributed by atoms with Crippen LogP contribution >= 0.6 is 0 Å². The van der Waals surface area contributed by atoms with Gasteiger partial charge in [0.25, 0.3) is 0 Å².